The number of carbonyl (C=O) groups excluding carboxylic acids is 14. The molecule has 0 radical (unpaired) electrons. The van der Waals surface area contributed by atoms with E-state index in [0.29, 0.717) is 58.8 Å². The number of fused-ring (bicyclic) bond motifs is 1. The lowest BCUT2D eigenvalue weighted by molar-refractivity contribution is -0.344. The van der Waals surface area contributed by atoms with E-state index >= 15 is 14.4 Å². The second-order valence-corrected chi connectivity index (χ2v) is 30.9. The van der Waals surface area contributed by atoms with Crippen molar-refractivity contribution in [2.45, 2.75) is 192 Å². The predicted octanol–water partition coefficient (Wildman–Crippen LogP) is 0.657. The smallest absolute Gasteiger partial charge is 0.430 e. The van der Waals surface area contributed by atoms with Gasteiger partial charge in [0.2, 0.25) is 65.0 Å². The Balaban J connectivity index is 0.00000289. The van der Waals surface area contributed by atoms with Gasteiger partial charge in [-0.2, -0.15) is 13.2 Å². The van der Waals surface area contributed by atoms with Crippen molar-refractivity contribution in [3.8, 4) is 0 Å². The summed E-state index contributed by atoms with van der Waals surface area (Å²) in [7, 11) is 0. The van der Waals surface area contributed by atoms with Gasteiger partial charge in [0.05, 0.1) is 6.61 Å². The number of alkyl halides is 3. The third kappa shape index (κ3) is 32.1. The van der Waals surface area contributed by atoms with Crippen LogP contribution in [0.15, 0.2) is 155 Å². The maximum absolute atomic E-state index is 15.5. The number of halogens is 4. The first-order valence-electron chi connectivity index (χ1n) is 39.9. The molecule has 1 aliphatic rings. The number of hydrogen-bond donors (Lipinski definition) is 16. The fraction of sp³-hybridized carbons (Fsp3) is 0.400. The highest BCUT2D eigenvalue weighted by atomic mass is 35.5. The molecule has 7 aromatic rings. The number of hydrogen-bond acceptors (Lipinski definition) is 20. The first-order valence-corrected chi connectivity index (χ1v) is 40.3. The van der Waals surface area contributed by atoms with Crippen molar-refractivity contribution in [3.63, 3.8) is 0 Å². The van der Waals surface area contributed by atoms with Gasteiger partial charge in [0.1, 0.15) is 72.1 Å². The molecular formula is C85H103ClF3N17O18. The molecule has 0 aliphatic carbocycles. The molecular weight excluding hydrogens is 1640 g/mol. The first-order chi connectivity index (χ1) is 58.7. The van der Waals surface area contributed by atoms with Crippen molar-refractivity contribution in [1.29, 1.82) is 0 Å². The van der Waals surface area contributed by atoms with Crippen molar-refractivity contribution in [3.05, 3.63) is 205 Å². The third-order valence-electron chi connectivity index (χ3n) is 19.5. The zero-order chi connectivity index (χ0) is 91.1. The molecule has 0 saturated carbocycles. The number of nitrogens with zero attached hydrogens (tertiary/aromatic N) is 2. The van der Waals surface area contributed by atoms with Gasteiger partial charge in [-0.05, 0) is 139 Å². The van der Waals surface area contributed by atoms with Crippen LogP contribution in [-0.2, 0) is 94.4 Å². The maximum Gasteiger partial charge on any atom is 0.430 e. The highest BCUT2D eigenvalue weighted by Gasteiger charge is 2.41. The van der Waals surface area contributed by atoms with Crippen LogP contribution in [0.25, 0.3) is 10.8 Å². The molecule has 5 aromatic carbocycles. The topological polar surface area (TPSA) is 536 Å². The van der Waals surface area contributed by atoms with Gasteiger partial charge in [-0.1, -0.05) is 124 Å². The van der Waals surface area contributed by atoms with Gasteiger partial charge in [-0.3, -0.25) is 78.0 Å². The van der Waals surface area contributed by atoms with Crippen molar-refractivity contribution in [2.75, 3.05) is 30.3 Å². The van der Waals surface area contributed by atoms with Crippen molar-refractivity contribution >= 4 is 117 Å². The quantitative estimate of drug-likeness (QED) is 0.0234. The number of anilines is 2. The summed E-state index contributed by atoms with van der Waals surface area (Å²) >= 11 is 6.27. The van der Waals surface area contributed by atoms with Crippen LogP contribution >= 0.6 is 11.6 Å². The number of benzene rings is 5. The van der Waals surface area contributed by atoms with Crippen molar-refractivity contribution in [1.82, 2.24) is 73.0 Å². The largest absolute Gasteiger partial charge is 0.542 e. The summed E-state index contributed by atoms with van der Waals surface area (Å²) in [6.45, 7) is 11.2. The number of carboxylic acid groups (broad SMARTS) is 1. The number of amides is 13. The van der Waals surface area contributed by atoms with Crippen LogP contribution in [0.1, 0.15) is 125 Å². The lowest BCUT2D eigenvalue weighted by Gasteiger charge is -2.31. The molecule has 1 aliphatic heterocycles. The lowest BCUT2D eigenvalue weighted by Crippen LogP contribution is -2.66. The first kappa shape index (κ1) is 98.0. The fourth-order valence-electron chi connectivity index (χ4n) is 13.2. The number of likely N-dealkylation sites (tertiary alicyclic amines) is 1. The standard InChI is InChI=1S/C83H102ClN17O16.C2HF3O2/c1-46(2)36-62(74(108)92-61(17-10-11-34-87-47(3)4)82(116)101-35-13-18-70(101)81(115)88-48(5)72(85)106)93-76(110)65(39-52-22-29-59(30-23-52)89-49(6)103)95-78(112)66(40-53-24-31-60(32-25-53)91-73(107)68-43-71(105)100-83(117)99-68)97-80(114)69(45-102)98-79(113)67(42-55-14-12-33-86-44-55)96-77(111)64(38-51-20-27-58(84)28-21-51)94-75(109)63(90-50(7)104)41-54-19-26-56-15-8-9-16-57(56)37-54;3-2(4,5)1(6)7/h8-9,12,14-16,19-33,37,43-44,46-48,61-67,69-70,87,102H,10-11,13,17-18,34-36,38-42,45H2,1-7H3,(H2,85,106)(H,88,115)(H,89,103)(H,90,104)(H,91,107)(H,92,108)(H,93,110)(H,94,109)(H,95,112)(H,96,111)(H,97,114)(H,98,113)(H2,99,100,105,117);(H,6,7)/t48-,61+,62+,63-,64-,65-,66+,67-,69+,70+;/m1./s1. The van der Waals surface area contributed by atoms with Gasteiger partial charge in [0.25, 0.3) is 11.5 Å². The Kier molecular flexibility index (Phi) is 37.5. The average Bonchev–Trinajstić information content (AvgIpc) is 1.79. The monoisotopic (exact) mass is 1740 g/mol. The molecule has 13 amide bonds. The lowest BCUT2D eigenvalue weighted by atomic mass is 9.99. The second-order valence-electron chi connectivity index (χ2n) is 30.5. The number of aliphatic hydroxyl groups excluding tert-OH is 1. The fourth-order valence-corrected chi connectivity index (χ4v) is 13.4. The molecule has 1 fully saturated rings. The summed E-state index contributed by atoms with van der Waals surface area (Å²) in [6.07, 6.45) is -1.64. The van der Waals surface area contributed by atoms with Crippen LogP contribution in [0.5, 0.6) is 0 Å². The summed E-state index contributed by atoms with van der Waals surface area (Å²) < 4.78 is 31.5. The number of unbranched alkanes of at least 4 members (excludes halogenated alkanes) is 1. The molecule has 18 N–H and O–H groups in total. The highest BCUT2D eigenvalue weighted by molar-refractivity contribution is 6.30. The number of aromatic amines is 2. The molecule has 2 aromatic heterocycles. The van der Waals surface area contributed by atoms with Gasteiger partial charge < -0.3 is 88.7 Å². The molecule has 8 rings (SSSR count). The SMILES string of the molecule is CC(=O)Nc1ccc(C[C@@H](NC(=O)[C@H](Cc2ccc(NC(=O)c3cc(=O)[nH]c(=O)[nH]3)cc2)NC(=O)[C@H](CO)NC(=O)[C@@H](Cc2cccnc2)NC(=O)[C@@H](Cc2ccc(Cl)cc2)NC(=O)[C@@H](Cc2ccc3ccccc3c2)NC(C)=O)C(=O)N[C@@H](CC(C)C)C(=O)N[C@@H](CCCCNC(C)C)C(=O)N2CCC[C@H]2C(=O)N[C@H](C)C([NH3+])=O)cc1.O=C([O-])C(F)(F)F. The number of carbonyl (C=O) groups is 14. The maximum atomic E-state index is 15.5. The zero-order valence-electron chi connectivity index (χ0n) is 69.2. The molecule has 39 heteroatoms. The Bertz CT molecular complexity index is 5010. The Morgan fingerprint density at radius 3 is 1.50 bits per heavy atom. The van der Waals surface area contributed by atoms with Crippen LogP contribution in [0.4, 0.5) is 24.5 Å². The van der Waals surface area contributed by atoms with Crippen molar-refractivity contribution in [2.24, 2.45) is 5.92 Å². The van der Waals surface area contributed by atoms with E-state index in [2.05, 4.69) is 79.5 Å². The number of pyridine rings is 1. The van der Waals surface area contributed by atoms with E-state index in [4.69, 9.17) is 21.5 Å². The number of H-pyrrole nitrogens is 2. The van der Waals surface area contributed by atoms with Crippen LogP contribution in [0.2, 0.25) is 5.02 Å². The Labute approximate surface area is 715 Å². The van der Waals surface area contributed by atoms with E-state index in [1.807, 2.05) is 61.3 Å². The number of rotatable bonds is 41. The number of carboxylic acids is 1. The molecule has 124 heavy (non-hydrogen) atoms. The molecule has 0 spiro atoms. The zero-order valence-corrected chi connectivity index (χ0v) is 69.9. The molecule has 0 unspecified atom stereocenters. The van der Waals surface area contributed by atoms with Crippen LogP contribution < -0.4 is 85.9 Å². The molecule has 35 nitrogen and oxygen atoms in total. The Morgan fingerprint density at radius 2 is 1.02 bits per heavy atom. The summed E-state index contributed by atoms with van der Waals surface area (Å²) in [4.78, 5) is 227. The summed E-state index contributed by atoms with van der Waals surface area (Å²) in [6, 6.07) is 21.7. The Morgan fingerprint density at radius 1 is 0.548 bits per heavy atom. The minimum Gasteiger partial charge on any atom is -0.542 e. The van der Waals surface area contributed by atoms with Gasteiger partial charge >= 0.3 is 17.8 Å². The van der Waals surface area contributed by atoms with E-state index in [-0.39, 0.29) is 86.3 Å². The molecule has 0 bridgehead atoms. The van der Waals surface area contributed by atoms with Gasteiger partial charge in [0.15, 0.2) is 0 Å². The highest BCUT2D eigenvalue weighted by Crippen LogP contribution is 2.24. The summed E-state index contributed by atoms with van der Waals surface area (Å²) in [5.74, 6) is -13.4. The van der Waals surface area contributed by atoms with Crippen molar-refractivity contribution < 1.29 is 96.2 Å². The number of nitrogens with one attached hydrogen (secondary N) is 14. The normalized spacial score (nSPS) is 14.6. The average molecular weight is 1740 g/mol. The minimum absolute atomic E-state index is 0.00671. The van der Waals surface area contributed by atoms with Crippen LogP contribution in [-0.4, -0.2) is 200 Å². The van der Waals surface area contributed by atoms with Gasteiger partial charge in [0, 0.05) is 93.4 Å². The predicted molar refractivity (Wildman–Crippen MR) is 447 cm³/mol. The number of quaternary nitrogens is 1. The summed E-state index contributed by atoms with van der Waals surface area (Å²) in [5, 5.41) is 55.1. The molecule has 10 atom stereocenters. The Hall–Kier alpha value is -13.1. The molecule has 1 saturated heterocycles. The molecule has 664 valence electrons. The molecule has 3 heterocycles. The van der Waals surface area contributed by atoms with Crippen LogP contribution in [0, 0.1) is 5.92 Å². The van der Waals surface area contributed by atoms with E-state index in [0.717, 1.165) is 16.8 Å². The van der Waals surface area contributed by atoms with Gasteiger partial charge in [-0.25, -0.2) is 9.59 Å². The van der Waals surface area contributed by atoms with Gasteiger partial charge in [-0.15, -0.1) is 0 Å². The summed E-state index contributed by atoms with van der Waals surface area (Å²) in [5.41, 5.74) is 4.06. The van der Waals surface area contributed by atoms with Crippen LogP contribution in [0.3, 0.4) is 0 Å². The van der Waals surface area contributed by atoms with E-state index in [1.54, 1.807) is 74.5 Å². The van der Waals surface area contributed by atoms with E-state index < -0.39 is 168 Å². The number of aliphatic carboxylic acids is 1. The number of aliphatic hydroxyl groups is 1. The van der Waals surface area contributed by atoms with E-state index in [9.17, 15) is 75.8 Å². The second kappa shape index (κ2) is 47.4. The third-order valence-corrected chi connectivity index (χ3v) is 19.8. The minimum atomic E-state index is -5.19. The number of aromatic nitrogens is 3. The van der Waals surface area contributed by atoms with E-state index in [1.165, 1.54) is 62.3 Å².